The van der Waals surface area contributed by atoms with Gasteiger partial charge in [-0.15, -0.1) is 0 Å². The third-order valence-corrected chi connectivity index (χ3v) is 5.27. The molecule has 0 spiro atoms. The Morgan fingerprint density at radius 2 is 1.90 bits per heavy atom. The average Bonchev–Trinajstić information content (AvgIpc) is 2.34. The van der Waals surface area contributed by atoms with E-state index in [-0.39, 0.29) is 24.4 Å². The lowest BCUT2D eigenvalue weighted by atomic mass is 9.68. The highest BCUT2D eigenvalue weighted by Crippen LogP contribution is 2.39. The van der Waals surface area contributed by atoms with Gasteiger partial charge in [0.25, 0.3) is 0 Å². The number of hydrogen-bond acceptors (Lipinski definition) is 2. The number of piperidine rings is 1. The van der Waals surface area contributed by atoms with Gasteiger partial charge < -0.3 is 10.6 Å². The van der Waals surface area contributed by atoms with Crippen molar-refractivity contribution in [2.24, 2.45) is 23.0 Å². The molecule has 0 amide bonds. The fourth-order valence-corrected chi connectivity index (χ4v) is 3.83. The van der Waals surface area contributed by atoms with E-state index in [1.54, 1.807) is 0 Å². The van der Waals surface area contributed by atoms with Gasteiger partial charge in [-0.1, -0.05) is 20.3 Å². The summed E-state index contributed by atoms with van der Waals surface area (Å²) in [7, 11) is 0. The summed E-state index contributed by atoms with van der Waals surface area (Å²) in [6, 6.07) is 0.0995. The molecule has 5 heteroatoms. The Morgan fingerprint density at radius 1 is 1.20 bits per heavy atom. The maximum Gasteiger partial charge on any atom is 0.393 e. The standard InChI is InChI=1S/C15H27F3N2/c1-14(2)7-3-5-11(13(14)19)9-20-8-4-6-12(10-20)15(16,17)18/h11-13H,3-10,19H2,1-2H3. The Morgan fingerprint density at radius 3 is 2.55 bits per heavy atom. The summed E-state index contributed by atoms with van der Waals surface area (Å²) in [6.07, 6.45) is 0.194. The van der Waals surface area contributed by atoms with Crippen LogP contribution in [0, 0.1) is 17.3 Å². The van der Waals surface area contributed by atoms with Crippen molar-refractivity contribution in [3.8, 4) is 0 Å². The molecule has 3 atom stereocenters. The SMILES string of the molecule is CC1(C)CCCC(CN2CCCC(C(F)(F)F)C2)C1N. The van der Waals surface area contributed by atoms with E-state index >= 15 is 0 Å². The number of halogens is 3. The summed E-state index contributed by atoms with van der Waals surface area (Å²) < 4.78 is 38.5. The maximum atomic E-state index is 12.8. The lowest BCUT2D eigenvalue weighted by Crippen LogP contribution is -2.52. The number of likely N-dealkylation sites (tertiary alicyclic amines) is 1. The number of hydrogen-bond donors (Lipinski definition) is 1. The highest BCUT2D eigenvalue weighted by molar-refractivity contribution is 4.93. The molecule has 0 aromatic carbocycles. The Bertz CT molecular complexity index is 328. The van der Waals surface area contributed by atoms with Crippen molar-refractivity contribution in [2.45, 2.75) is 58.2 Å². The first kappa shape index (κ1) is 16.1. The van der Waals surface area contributed by atoms with Crippen molar-refractivity contribution in [1.29, 1.82) is 0 Å². The van der Waals surface area contributed by atoms with E-state index in [9.17, 15) is 13.2 Å². The van der Waals surface area contributed by atoms with Crippen molar-refractivity contribution in [2.75, 3.05) is 19.6 Å². The molecule has 2 rings (SSSR count). The van der Waals surface area contributed by atoms with E-state index in [1.807, 2.05) is 4.90 Å². The Hall–Kier alpha value is -0.290. The number of nitrogens with two attached hydrogens (primary N) is 1. The first-order valence-corrected chi connectivity index (χ1v) is 7.75. The zero-order chi connectivity index (χ0) is 15.0. The van der Waals surface area contributed by atoms with Crippen LogP contribution >= 0.6 is 0 Å². The highest BCUT2D eigenvalue weighted by atomic mass is 19.4. The summed E-state index contributed by atoms with van der Waals surface area (Å²) in [5, 5.41) is 0. The summed E-state index contributed by atoms with van der Waals surface area (Å²) in [4.78, 5) is 1.99. The molecule has 118 valence electrons. The third kappa shape index (κ3) is 3.67. The van der Waals surface area contributed by atoms with Gasteiger partial charge in [-0.2, -0.15) is 13.2 Å². The topological polar surface area (TPSA) is 29.3 Å². The fraction of sp³-hybridized carbons (Fsp3) is 1.00. The smallest absolute Gasteiger partial charge is 0.327 e. The summed E-state index contributed by atoms with van der Waals surface area (Å²) in [6.45, 7) is 6.04. The van der Waals surface area contributed by atoms with E-state index in [4.69, 9.17) is 5.73 Å². The number of nitrogens with zero attached hydrogens (tertiary/aromatic N) is 1. The van der Waals surface area contributed by atoms with Crippen LogP contribution < -0.4 is 5.73 Å². The largest absolute Gasteiger partial charge is 0.393 e. The van der Waals surface area contributed by atoms with Crippen molar-refractivity contribution < 1.29 is 13.2 Å². The molecule has 1 aliphatic heterocycles. The third-order valence-electron chi connectivity index (χ3n) is 5.27. The molecule has 3 unspecified atom stereocenters. The fourth-order valence-electron chi connectivity index (χ4n) is 3.83. The molecule has 0 aromatic heterocycles. The molecule has 0 radical (unpaired) electrons. The molecular formula is C15H27F3N2. The lowest BCUT2D eigenvalue weighted by Gasteiger charge is -2.44. The second-order valence-electron chi connectivity index (χ2n) is 7.31. The normalized spacial score (nSPS) is 36.0. The quantitative estimate of drug-likeness (QED) is 0.845. The van der Waals surface area contributed by atoms with Crippen molar-refractivity contribution in [3.05, 3.63) is 0 Å². The highest BCUT2D eigenvalue weighted by Gasteiger charge is 2.43. The molecule has 2 aliphatic rings. The molecule has 1 saturated heterocycles. The zero-order valence-electron chi connectivity index (χ0n) is 12.5. The van der Waals surface area contributed by atoms with Gasteiger partial charge in [-0.05, 0) is 43.6 Å². The van der Waals surface area contributed by atoms with Crippen molar-refractivity contribution in [3.63, 3.8) is 0 Å². The van der Waals surface area contributed by atoms with E-state index in [0.717, 1.165) is 32.4 Å². The Balaban J connectivity index is 1.92. The van der Waals surface area contributed by atoms with Crippen LogP contribution in [-0.4, -0.2) is 36.8 Å². The van der Waals surface area contributed by atoms with Gasteiger partial charge in [-0.25, -0.2) is 0 Å². The Labute approximate surface area is 119 Å². The monoisotopic (exact) mass is 292 g/mol. The van der Waals surface area contributed by atoms with Crippen molar-refractivity contribution in [1.82, 2.24) is 4.90 Å². The van der Waals surface area contributed by atoms with Crippen LogP contribution in [0.15, 0.2) is 0 Å². The second-order valence-corrected chi connectivity index (χ2v) is 7.31. The van der Waals surface area contributed by atoms with Crippen LogP contribution in [0.1, 0.15) is 46.0 Å². The predicted molar refractivity (Wildman–Crippen MR) is 74.3 cm³/mol. The minimum atomic E-state index is -4.05. The van der Waals surface area contributed by atoms with Crippen molar-refractivity contribution >= 4 is 0 Å². The summed E-state index contributed by atoms with van der Waals surface area (Å²) >= 11 is 0. The van der Waals surface area contributed by atoms with E-state index in [2.05, 4.69) is 13.8 Å². The molecule has 0 aromatic rings. The molecule has 2 nitrogen and oxygen atoms in total. The molecule has 0 bridgehead atoms. The van der Waals surface area contributed by atoms with Crippen LogP contribution in [0.25, 0.3) is 0 Å². The van der Waals surface area contributed by atoms with Gasteiger partial charge in [0, 0.05) is 19.1 Å². The van der Waals surface area contributed by atoms with Gasteiger partial charge in [0.2, 0.25) is 0 Å². The first-order valence-electron chi connectivity index (χ1n) is 7.75. The maximum absolute atomic E-state index is 12.8. The van der Waals surface area contributed by atoms with Crippen LogP contribution in [0.4, 0.5) is 13.2 Å². The minimum absolute atomic E-state index is 0.0995. The predicted octanol–water partition coefficient (Wildman–Crippen LogP) is 3.41. The molecule has 2 N–H and O–H groups in total. The number of rotatable bonds is 2. The number of alkyl halides is 3. The van der Waals surface area contributed by atoms with E-state index in [1.165, 1.54) is 0 Å². The van der Waals surface area contributed by atoms with Crippen LogP contribution in [-0.2, 0) is 0 Å². The molecule has 1 aliphatic carbocycles. The van der Waals surface area contributed by atoms with E-state index in [0.29, 0.717) is 12.3 Å². The van der Waals surface area contributed by atoms with Crippen LogP contribution in [0.3, 0.4) is 0 Å². The first-order chi connectivity index (χ1) is 9.20. The Kier molecular flexibility index (Phi) is 4.69. The van der Waals surface area contributed by atoms with Crippen LogP contribution in [0.2, 0.25) is 0 Å². The summed E-state index contributed by atoms with van der Waals surface area (Å²) in [5.41, 5.74) is 6.46. The van der Waals surface area contributed by atoms with Gasteiger partial charge in [0.05, 0.1) is 5.92 Å². The molecule has 20 heavy (non-hydrogen) atoms. The minimum Gasteiger partial charge on any atom is -0.327 e. The van der Waals surface area contributed by atoms with Gasteiger partial charge >= 0.3 is 6.18 Å². The molecule has 2 fully saturated rings. The lowest BCUT2D eigenvalue weighted by molar-refractivity contribution is -0.187. The summed E-state index contributed by atoms with van der Waals surface area (Å²) in [5.74, 6) is -0.810. The second kappa shape index (κ2) is 5.84. The zero-order valence-corrected chi connectivity index (χ0v) is 12.5. The molecule has 1 heterocycles. The van der Waals surface area contributed by atoms with Crippen LogP contribution in [0.5, 0.6) is 0 Å². The molecular weight excluding hydrogens is 265 g/mol. The van der Waals surface area contributed by atoms with Gasteiger partial charge in [0.1, 0.15) is 0 Å². The molecule has 1 saturated carbocycles. The van der Waals surface area contributed by atoms with E-state index < -0.39 is 12.1 Å². The van der Waals surface area contributed by atoms with Gasteiger partial charge in [-0.3, -0.25) is 0 Å². The van der Waals surface area contributed by atoms with Gasteiger partial charge in [0.15, 0.2) is 0 Å². The average molecular weight is 292 g/mol.